The van der Waals surface area contributed by atoms with Crippen LogP contribution in [0, 0.1) is 6.92 Å². The summed E-state index contributed by atoms with van der Waals surface area (Å²) in [6.07, 6.45) is 1.22. The number of aryl methyl sites for hydroxylation is 1. The molecule has 1 amide bonds. The number of nitrogens with one attached hydrogen (secondary N) is 1. The van der Waals surface area contributed by atoms with Gasteiger partial charge in [0, 0.05) is 12.0 Å². The largest absolute Gasteiger partial charge is 0.480 e. The summed E-state index contributed by atoms with van der Waals surface area (Å²) in [6, 6.07) is 0.431. The number of esters is 1. The van der Waals surface area contributed by atoms with Crippen LogP contribution in [-0.2, 0) is 14.3 Å². The predicted octanol–water partition coefficient (Wildman–Crippen LogP) is 1.11. The van der Waals surface area contributed by atoms with Crippen molar-refractivity contribution in [3.63, 3.8) is 0 Å². The fourth-order valence-corrected chi connectivity index (χ4v) is 1.58. The third-order valence-electron chi connectivity index (χ3n) is 2.61. The molecule has 110 valence electrons. The number of carboxylic acid groups (broad SMARTS) is 1. The van der Waals surface area contributed by atoms with Crippen molar-refractivity contribution in [2.24, 2.45) is 0 Å². The van der Waals surface area contributed by atoms with Crippen LogP contribution in [0.3, 0.4) is 0 Å². The summed E-state index contributed by atoms with van der Waals surface area (Å²) >= 11 is 0. The van der Waals surface area contributed by atoms with E-state index in [1.54, 1.807) is 19.9 Å². The molecular weight excluding hydrogens is 266 g/mol. The molecule has 0 aliphatic rings. The topological polar surface area (TPSA) is 106 Å². The highest BCUT2D eigenvalue weighted by Crippen LogP contribution is 2.09. The van der Waals surface area contributed by atoms with E-state index in [-0.39, 0.29) is 25.2 Å². The second kappa shape index (κ2) is 7.32. The summed E-state index contributed by atoms with van der Waals surface area (Å²) in [6.45, 7) is 3.56. The van der Waals surface area contributed by atoms with Gasteiger partial charge in [-0.15, -0.1) is 0 Å². The van der Waals surface area contributed by atoms with Crippen molar-refractivity contribution >= 4 is 17.8 Å². The van der Waals surface area contributed by atoms with Crippen molar-refractivity contribution in [3.05, 3.63) is 23.7 Å². The number of aliphatic carboxylic acids is 1. The number of carbonyl (C=O) groups is 3. The Kier molecular flexibility index (Phi) is 5.76. The van der Waals surface area contributed by atoms with Crippen LogP contribution in [0.4, 0.5) is 0 Å². The number of carboxylic acids is 1. The van der Waals surface area contributed by atoms with Gasteiger partial charge in [-0.2, -0.15) is 0 Å². The number of rotatable bonds is 7. The van der Waals surface area contributed by atoms with Gasteiger partial charge in [-0.05, 0) is 26.3 Å². The smallest absolute Gasteiger partial charge is 0.326 e. The maximum absolute atomic E-state index is 11.8. The number of hydrogen-bond acceptors (Lipinski definition) is 5. The molecule has 0 aromatic carbocycles. The molecule has 0 aliphatic heterocycles. The average Bonchev–Trinajstić information content (AvgIpc) is 2.80. The molecule has 0 spiro atoms. The van der Waals surface area contributed by atoms with E-state index in [9.17, 15) is 14.4 Å². The lowest BCUT2D eigenvalue weighted by Gasteiger charge is -2.13. The molecule has 1 aromatic heterocycles. The van der Waals surface area contributed by atoms with Crippen LogP contribution < -0.4 is 5.32 Å². The highest BCUT2D eigenvalue weighted by atomic mass is 16.5. The number of hydrogen-bond donors (Lipinski definition) is 2. The number of amides is 1. The molecule has 2 N–H and O–H groups in total. The predicted molar refractivity (Wildman–Crippen MR) is 68.2 cm³/mol. The van der Waals surface area contributed by atoms with Crippen LogP contribution in [0.1, 0.15) is 35.9 Å². The van der Waals surface area contributed by atoms with Crippen molar-refractivity contribution in [2.45, 2.75) is 32.7 Å². The Balaban J connectivity index is 2.59. The molecule has 0 aliphatic carbocycles. The monoisotopic (exact) mass is 283 g/mol. The zero-order chi connectivity index (χ0) is 15.1. The summed E-state index contributed by atoms with van der Waals surface area (Å²) < 4.78 is 9.68. The van der Waals surface area contributed by atoms with Gasteiger partial charge in [-0.25, -0.2) is 4.79 Å². The van der Waals surface area contributed by atoms with E-state index in [1.165, 1.54) is 6.26 Å². The molecule has 0 fully saturated rings. The van der Waals surface area contributed by atoms with Crippen LogP contribution in [0.5, 0.6) is 0 Å². The maximum Gasteiger partial charge on any atom is 0.326 e. The van der Waals surface area contributed by atoms with E-state index in [2.05, 4.69) is 5.32 Å². The first-order valence-electron chi connectivity index (χ1n) is 6.19. The molecule has 1 aromatic rings. The summed E-state index contributed by atoms with van der Waals surface area (Å²) in [5, 5.41) is 11.4. The minimum absolute atomic E-state index is 0.0420. The SMILES string of the molecule is CCOC(=O)CC[C@H](NC(=O)c1occc1C)C(=O)O. The van der Waals surface area contributed by atoms with Gasteiger partial charge in [0.1, 0.15) is 6.04 Å². The zero-order valence-electron chi connectivity index (χ0n) is 11.3. The van der Waals surface area contributed by atoms with Crippen molar-refractivity contribution < 1.29 is 28.6 Å². The van der Waals surface area contributed by atoms with Gasteiger partial charge in [0.25, 0.3) is 5.91 Å². The van der Waals surface area contributed by atoms with Crippen LogP contribution in [0.2, 0.25) is 0 Å². The van der Waals surface area contributed by atoms with Crippen LogP contribution >= 0.6 is 0 Å². The number of furan rings is 1. The lowest BCUT2D eigenvalue weighted by atomic mass is 10.1. The summed E-state index contributed by atoms with van der Waals surface area (Å²) in [4.78, 5) is 34.1. The Morgan fingerprint density at radius 2 is 2.15 bits per heavy atom. The maximum atomic E-state index is 11.8. The highest BCUT2D eigenvalue weighted by molar-refractivity contribution is 5.95. The zero-order valence-corrected chi connectivity index (χ0v) is 11.3. The van der Waals surface area contributed by atoms with Crippen LogP contribution in [-0.4, -0.2) is 35.6 Å². The third kappa shape index (κ3) is 4.42. The van der Waals surface area contributed by atoms with Gasteiger partial charge < -0.3 is 19.6 Å². The van der Waals surface area contributed by atoms with E-state index in [4.69, 9.17) is 14.3 Å². The molecule has 0 unspecified atom stereocenters. The molecule has 0 bridgehead atoms. The quantitative estimate of drug-likeness (QED) is 0.726. The fourth-order valence-electron chi connectivity index (χ4n) is 1.58. The Morgan fingerprint density at radius 1 is 1.45 bits per heavy atom. The third-order valence-corrected chi connectivity index (χ3v) is 2.61. The molecule has 20 heavy (non-hydrogen) atoms. The highest BCUT2D eigenvalue weighted by Gasteiger charge is 2.23. The van der Waals surface area contributed by atoms with Crippen LogP contribution in [0.15, 0.2) is 16.7 Å². The first kappa shape index (κ1) is 15.7. The first-order chi connectivity index (χ1) is 9.45. The molecule has 1 atom stereocenters. The first-order valence-corrected chi connectivity index (χ1v) is 6.19. The van der Waals surface area contributed by atoms with Crippen molar-refractivity contribution in [1.82, 2.24) is 5.32 Å². The van der Waals surface area contributed by atoms with Gasteiger partial charge in [-0.3, -0.25) is 9.59 Å². The van der Waals surface area contributed by atoms with Crippen molar-refractivity contribution in [1.29, 1.82) is 0 Å². The van der Waals surface area contributed by atoms with Gasteiger partial charge >= 0.3 is 11.9 Å². The van der Waals surface area contributed by atoms with Gasteiger partial charge in [0.2, 0.25) is 0 Å². The molecule has 1 rings (SSSR count). The molecule has 1 heterocycles. The van der Waals surface area contributed by atoms with Crippen LogP contribution in [0.25, 0.3) is 0 Å². The number of ether oxygens (including phenoxy) is 1. The van der Waals surface area contributed by atoms with Crippen molar-refractivity contribution in [2.75, 3.05) is 6.61 Å². The number of carbonyl (C=O) groups excluding carboxylic acids is 2. The Morgan fingerprint density at radius 3 is 2.65 bits per heavy atom. The van der Waals surface area contributed by atoms with E-state index < -0.39 is 23.9 Å². The van der Waals surface area contributed by atoms with Gasteiger partial charge in [0.05, 0.1) is 12.9 Å². The fraction of sp³-hybridized carbons (Fsp3) is 0.462. The minimum Gasteiger partial charge on any atom is -0.480 e. The van der Waals surface area contributed by atoms with E-state index in [1.807, 2.05) is 0 Å². The Labute approximate surface area is 115 Å². The van der Waals surface area contributed by atoms with Gasteiger partial charge in [-0.1, -0.05) is 0 Å². The normalized spacial score (nSPS) is 11.7. The summed E-state index contributed by atoms with van der Waals surface area (Å²) in [7, 11) is 0. The minimum atomic E-state index is -1.22. The average molecular weight is 283 g/mol. The summed E-state index contributed by atoms with van der Waals surface area (Å²) in [5.74, 6) is -2.27. The lowest BCUT2D eigenvalue weighted by molar-refractivity contribution is -0.144. The second-order valence-electron chi connectivity index (χ2n) is 4.14. The summed E-state index contributed by atoms with van der Waals surface area (Å²) in [5.41, 5.74) is 0.608. The van der Waals surface area contributed by atoms with E-state index >= 15 is 0 Å². The van der Waals surface area contributed by atoms with E-state index in [0.717, 1.165) is 0 Å². The Hall–Kier alpha value is -2.31. The molecule has 7 heteroatoms. The van der Waals surface area contributed by atoms with Crippen molar-refractivity contribution in [3.8, 4) is 0 Å². The molecule has 0 saturated heterocycles. The van der Waals surface area contributed by atoms with Gasteiger partial charge in [0.15, 0.2) is 5.76 Å². The standard InChI is InChI=1S/C13H17NO6/c1-3-19-10(15)5-4-9(13(17)18)14-12(16)11-8(2)6-7-20-11/h6-7,9H,3-5H2,1-2H3,(H,14,16)(H,17,18)/t9-/m0/s1. The molecule has 7 nitrogen and oxygen atoms in total. The molecule has 0 radical (unpaired) electrons. The second-order valence-corrected chi connectivity index (χ2v) is 4.14. The molecule has 0 saturated carbocycles. The van der Waals surface area contributed by atoms with E-state index in [0.29, 0.717) is 5.56 Å². The Bertz CT molecular complexity index is 493. The molecular formula is C13H17NO6. The lowest BCUT2D eigenvalue weighted by Crippen LogP contribution is -2.41.